The van der Waals surface area contributed by atoms with E-state index >= 15 is 0 Å². The summed E-state index contributed by atoms with van der Waals surface area (Å²) in [6, 6.07) is 4.85. The number of ether oxygens (including phenoxy) is 4. The number of halogens is 1. The maximum absolute atomic E-state index is 14.6. The lowest BCUT2D eigenvalue weighted by molar-refractivity contribution is -0.172. The number of anilines is 2. The van der Waals surface area contributed by atoms with Crippen LogP contribution in [0.3, 0.4) is 0 Å². The molecule has 1 amide bonds. The molecule has 7 nitrogen and oxygen atoms in total. The first-order valence-electron chi connectivity index (χ1n) is 9.54. The van der Waals surface area contributed by atoms with Crippen LogP contribution in [0, 0.1) is 5.82 Å². The third-order valence-electron chi connectivity index (χ3n) is 5.07. The highest BCUT2D eigenvalue weighted by atomic mass is 19.1. The van der Waals surface area contributed by atoms with Gasteiger partial charge in [-0.1, -0.05) is 0 Å². The van der Waals surface area contributed by atoms with Gasteiger partial charge in [0, 0.05) is 19.7 Å². The van der Waals surface area contributed by atoms with E-state index in [0.29, 0.717) is 50.8 Å². The van der Waals surface area contributed by atoms with Crippen molar-refractivity contribution in [3.8, 4) is 0 Å². The highest BCUT2D eigenvalue weighted by molar-refractivity contribution is 5.90. The van der Waals surface area contributed by atoms with Crippen LogP contribution in [0.5, 0.6) is 0 Å². The van der Waals surface area contributed by atoms with E-state index in [9.17, 15) is 9.18 Å². The van der Waals surface area contributed by atoms with Gasteiger partial charge in [-0.05, 0) is 37.5 Å². The lowest BCUT2D eigenvalue weighted by Gasteiger charge is -2.29. The van der Waals surface area contributed by atoms with Crippen molar-refractivity contribution in [3.63, 3.8) is 0 Å². The van der Waals surface area contributed by atoms with Crippen molar-refractivity contribution in [3.05, 3.63) is 24.0 Å². The Bertz CT molecular complexity index is 662. The van der Waals surface area contributed by atoms with Crippen LogP contribution in [-0.4, -0.2) is 64.5 Å². The largest absolute Gasteiger partial charge is 0.441 e. The van der Waals surface area contributed by atoms with Crippen molar-refractivity contribution in [1.82, 2.24) is 0 Å². The Morgan fingerprint density at radius 1 is 1.19 bits per heavy atom. The highest BCUT2D eigenvalue weighted by Gasteiger charge is 2.34. The highest BCUT2D eigenvalue weighted by Crippen LogP contribution is 2.28. The molecule has 148 valence electrons. The first-order valence-corrected chi connectivity index (χ1v) is 9.54. The Balaban J connectivity index is 1.36. The second kappa shape index (κ2) is 8.41. The molecule has 27 heavy (non-hydrogen) atoms. The second-order valence-corrected chi connectivity index (χ2v) is 6.98. The van der Waals surface area contributed by atoms with E-state index in [4.69, 9.17) is 18.9 Å². The monoisotopic (exact) mass is 380 g/mol. The number of rotatable bonds is 5. The molecule has 1 aromatic carbocycles. The van der Waals surface area contributed by atoms with Gasteiger partial charge in [-0.15, -0.1) is 0 Å². The van der Waals surface area contributed by atoms with E-state index in [1.165, 1.54) is 11.0 Å². The van der Waals surface area contributed by atoms with Crippen LogP contribution in [0.4, 0.5) is 20.6 Å². The summed E-state index contributed by atoms with van der Waals surface area (Å²) >= 11 is 0. The van der Waals surface area contributed by atoms with E-state index in [1.54, 1.807) is 12.1 Å². The molecule has 8 heteroatoms. The molecule has 0 radical (unpaired) electrons. The number of hydrogen-bond acceptors (Lipinski definition) is 6. The zero-order valence-electron chi connectivity index (χ0n) is 15.3. The normalized spacial score (nSPS) is 26.3. The maximum Gasteiger partial charge on any atom is 0.414 e. The molecule has 3 saturated heterocycles. The number of morpholine rings is 1. The third kappa shape index (κ3) is 4.34. The smallest absolute Gasteiger partial charge is 0.414 e. The van der Waals surface area contributed by atoms with Crippen molar-refractivity contribution in [2.45, 2.75) is 31.7 Å². The van der Waals surface area contributed by atoms with Crippen LogP contribution in [0.1, 0.15) is 19.3 Å². The summed E-state index contributed by atoms with van der Waals surface area (Å²) in [5, 5.41) is 0. The summed E-state index contributed by atoms with van der Waals surface area (Å²) in [4.78, 5) is 15.6. The predicted octanol–water partition coefficient (Wildman–Crippen LogP) is 2.53. The van der Waals surface area contributed by atoms with Crippen LogP contribution in [0.15, 0.2) is 18.2 Å². The fourth-order valence-electron chi connectivity index (χ4n) is 3.60. The molecule has 4 rings (SSSR count). The van der Waals surface area contributed by atoms with Gasteiger partial charge in [-0.25, -0.2) is 9.18 Å². The van der Waals surface area contributed by atoms with Gasteiger partial charge in [-0.3, -0.25) is 4.90 Å². The molecule has 2 atom stereocenters. The molecule has 0 aliphatic carbocycles. The van der Waals surface area contributed by atoms with E-state index in [0.717, 1.165) is 19.3 Å². The molecule has 3 heterocycles. The van der Waals surface area contributed by atoms with Gasteiger partial charge in [0.2, 0.25) is 0 Å². The number of benzene rings is 1. The molecule has 0 unspecified atom stereocenters. The molecule has 0 N–H and O–H groups in total. The number of nitrogens with zero attached hydrogens (tertiary/aromatic N) is 2. The number of hydrogen-bond donors (Lipinski definition) is 0. The lowest BCUT2D eigenvalue weighted by Crippen LogP contribution is -2.36. The van der Waals surface area contributed by atoms with E-state index in [2.05, 4.69) is 0 Å². The second-order valence-electron chi connectivity index (χ2n) is 6.98. The van der Waals surface area contributed by atoms with Gasteiger partial charge in [0.05, 0.1) is 37.7 Å². The van der Waals surface area contributed by atoms with Gasteiger partial charge in [0.25, 0.3) is 0 Å². The van der Waals surface area contributed by atoms with Gasteiger partial charge in [0.1, 0.15) is 11.9 Å². The minimum atomic E-state index is -0.480. The molecule has 3 aliphatic heterocycles. The van der Waals surface area contributed by atoms with Gasteiger partial charge >= 0.3 is 6.09 Å². The van der Waals surface area contributed by atoms with E-state index in [-0.39, 0.29) is 24.8 Å². The fourth-order valence-corrected chi connectivity index (χ4v) is 3.60. The van der Waals surface area contributed by atoms with E-state index in [1.807, 2.05) is 4.90 Å². The Labute approximate surface area is 157 Å². The molecule has 3 fully saturated rings. The van der Waals surface area contributed by atoms with Gasteiger partial charge in [0.15, 0.2) is 6.29 Å². The zero-order chi connectivity index (χ0) is 18.6. The summed E-state index contributed by atoms with van der Waals surface area (Å²) in [6.07, 6.45) is 1.90. The zero-order valence-corrected chi connectivity index (χ0v) is 15.3. The summed E-state index contributed by atoms with van der Waals surface area (Å²) in [5.74, 6) is -0.350. The fraction of sp³-hybridized carbons (Fsp3) is 0.632. The molecule has 0 aromatic heterocycles. The SMILES string of the molecule is O=C1O[C@@H](CO[C@H]2CCCCO2)CN1c1ccc(N2CCOCC2)c(F)c1. The number of cyclic esters (lactones) is 1. The summed E-state index contributed by atoms with van der Waals surface area (Å²) in [5.41, 5.74) is 1.02. The first kappa shape index (κ1) is 18.5. The maximum atomic E-state index is 14.6. The Morgan fingerprint density at radius 2 is 2.04 bits per heavy atom. The topological polar surface area (TPSA) is 60.5 Å². The minimum Gasteiger partial charge on any atom is -0.441 e. The summed E-state index contributed by atoms with van der Waals surface area (Å²) < 4.78 is 36.5. The van der Waals surface area contributed by atoms with Crippen LogP contribution in [0.2, 0.25) is 0 Å². The van der Waals surface area contributed by atoms with Crippen LogP contribution < -0.4 is 9.80 Å². The van der Waals surface area contributed by atoms with Crippen LogP contribution in [0.25, 0.3) is 0 Å². The van der Waals surface area contributed by atoms with Crippen molar-refractivity contribution < 1.29 is 28.1 Å². The van der Waals surface area contributed by atoms with Gasteiger partial charge in [-0.2, -0.15) is 0 Å². The average molecular weight is 380 g/mol. The van der Waals surface area contributed by atoms with Crippen LogP contribution >= 0.6 is 0 Å². The van der Waals surface area contributed by atoms with Crippen molar-refractivity contribution in [2.24, 2.45) is 0 Å². The minimum absolute atomic E-state index is 0.225. The predicted molar refractivity (Wildman–Crippen MR) is 96.6 cm³/mol. The van der Waals surface area contributed by atoms with Gasteiger partial charge < -0.3 is 23.8 Å². The standard InChI is InChI=1S/C19H25FN2O5/c20-16-11-14(4-5-17(16)21-6-9-24-10-7-21)22-12-15(27-19(22)23)13-26-18-3-1-2-8-25-18/h4-5,11,15,18H,1-3,6-10,12-13H2/t15-,18+/m1/s1. The molecule has 0 bridgehead atoms. The number of carbonyl (C=O) groups excluding carboxylic acids is 1. The van der Waals surface area contributed by atoms with Crippen molar-refractivity contribution in [2.75, 3.05) is 55.9 Å². The number of amides is 1. The molecule has 3 aliphatic rings. The molecule has 0 spiro atoms. The van der Waals surface area contributed by atoms with Crippen molar-refractivity contribution in [1.29, 1.82) is 0 Å². The summed E-state index contributed by atoms with van der Waals surface area (Å²) in [7, 11) is 0. The third-order valence-corrected chi connectivity index (χ3v) is 5.07. The summed E-state index contributed by atoms with van der Waals surface area (Å²) in [6.45, 7) is 3.81. The molecule has 1 aromatic rings. The molecule has 0 saturated carbocycles. The average Bonchev–Trinajstić information content (AvgIpc) is 3.08. The number of carbonyl (C=O) groups is 1. The van der Waals surface area contributed by atoms with Crippen LogP contribution in [-0.2, 0) is 18.9 Å². The first-order chi connectivity index (χ1) is 13.2. The Hall–Kier alpha value is -1.90. The Morgan fingerprint density at radius 3 is 2.78 bits per heavy atom. The van der Waals surface area contributed by atoms with E-state index < -0.39 is 6.09 Å². The molecular formula is C19H25FN2O5. The van der Waals surface area contributed by atoms with Crippen molar-refractivity contribution >= 4 is 17.5 Å². The quantitative estimate of drug-likeness (QED) is 0.782. The Kier molecular flexibility index (Phi) is 5.75. The lowest BCUT2D eigenvalue weighted by atomic mass is 10.2. The molecular weight excluding hydrogens is 355 g/mol.